The van der Waals surface area contributed by atoms with Gasteiger partial charge in [-0.15, -0.1) is 0 Å². The molecule has 1 aromatic carbocycles. The van der Waals surface area contributed by atoms with E-state index in [9.17, 15) is 0 Å². The predicted octanol–water partition coefficient (Wildman–Crippen LogP) is 4.89. The molecule has 0 saturated carbocycles. The molecular formula is C19H15ClN2. The van der Waals surface area contributed by atoms with Crippen LogP contribution in [0.15, 0.2) is 67.3 Å². The Balaban J connectivity index is 1.78. The van der Waals surface area contributed by atoms with Crippen molar-refractivity contribution in [1.29, 1.82) is 0 Å². The van der Waals surface area contributed by atoms with Gasteiger partial charge in [-0.25, -0.2) is 0 Å². The van der Waals surface area contributed by atoms with E-state index in [1.165, 1.54) is 0 Å². The van der Waals surface area contributed by atoms with Gasteiger partial charge in [-0.3, -0.25) is 9.97 Å². The van der Waals surface area contributed by atoms with Crippen LogP contribution in [0.1, 0.15) is 22.3 Å². The van der Waals surface area contributed by atoms with Crippen LogP contribution in [0.25, 0.3) is 12.2 Å². The molecule has 0 aliphatic carbocycles. The SMILES string of the molecule is Clc1ccccc1Cc1cncc(/C=C/c2ccncc2)c1. The van der Waals surface area contributed by atoms with Crippen LogP contribution in [0.2, 0.25) is 5.02 Å². The summed E-state index contributed by atoms with van der Waals surface area (Å²) in [5, 5.41) is 0.792. The summed E-state index contributed by atoms with van der Waals surface area (Å²) in [4.78, 5) is 8.33. The monoisotopic (exact) mass is 306 g/mol. The standard InChI is InChI=1S/C19H15ClN2/c20-19-4-2-1-3-18(19)12-17-11-16(13-22-14-17)6-5-15-7-9-21-10-8-15/h1-11,13-14H,12H2/b6-5+. The van der Waals surface area contributed by atoms with Crippen molar-refractivity contribution in [2.75, 3.05) is 0 Å². The molecule has 2 nitrogen and oxygen atoms in total. The van der Waals surface area contributed by atoms with Gasteiger partial charge in [0.2, 0.25) is 0 Å². The summed E-state index contributed by atoms with van der Waals surface area (Å²) in [6, 6.07) is 14.0. The average molecular weight is 307 g/mol. The molecule has 0 fully saturated rings. The van der Waals surface area contributed by atoms with Gasteiger partial charge in [-0.1, -0.05) is 42.0 Å². The second kappa shape index (κ2) is 7.01. The van der Waals surface area contributed by atoms with E-state index >= 15 is 0 Å². The lowest BCUT2D eigenvalue weighted by atomic mass is 10.0. The lowest BCUT2D eigenvalue weighted by Gasteiger charge is -2.04. The van der Waals surface area contributed by atoms with Crippen LogP contribution in [-0.4, -0.2) is 9.97 Å². The zero-order valence-corrected chi connectivity index (χ0v) is 12.7. The molecule has 0 spiro atoms. The van der Waals surface area contributed by atoms with Crippen LogP contribution in [-0.2, 0) is 6.42 Å². The normalized spacial score (nSPS) is 11.0. The van der Waals surface area contributed by atoms with Crippen LogP contribution in [0, 0.1) is 0 Å². The lowest BCUT2D eigenvalue weighted by molar-refractivity contribution is 1.14. The molecule has 0 saturated heterocycles. The number of nitrogens with zero attached hydrogens (tertiary/aromatic N) is 2. The summed E-state index contributed by atoms with van der Waals surface area (Å²) in [6.07, 6.45) is 12.2. The highest BCUT2D eigenvalue weighted by atomic mass is 35.5. The molecule has 0 bridgehead atoms. The largest absolute Gasteiger partial charge is 0.265 e. The van der Waals surface area contributed by atoms with Gasteiger partial charge in [0.1, 0.15) is 0 Å². The van der Waals surface area contributed by atoms with Gasteiger partial charge in [0, 0.05) is 36.2 Å². The van der Waals surface area contributed by atoms with Crippen molar-refractivity contribution in [1.82, 2.24) is 9.97 Å². The Hall–Kier alpha value is -2.45. The molecule has 0 N–H and O–H groups in total. The Morgan fingerprint density at radius 3 is 2.45 bits per heavy atom. The van der Waals surface area contributed by atoms with Crippen molar-refractivity contribution in [2.45, 2.75) is 6.42 Å². The van der Waals surface area contributed by atoms with Gasteiger partial charge in [0.25, 0.3) is 0 Å². The van der Waals surface area contributed by atoms with E-state index in [1.807, 2.05) is 48.8 Å². The highest BCUT2D eigenvalue weighted by Gasteiger charge is 2.01. The molecule has 3 aromatic rings. The molecule has 0 aliphatic heterocycles. The highest BCUT2D eigenvalue weighted by Crippen LogP contribution is 2.19. The molecule has 0 atom stereocenters. The van der Waals surface area contributed by atoms with Crippen molar-refractivity contribution < 1.29 is 0 Å². The second-order valence-electron chi connectivity index (χ2n) is 5.01. The van der Waals surface area contributed by atoms with E-state index in [0.29, 0.717) is 0 Å². The highest BCUT2D eigenvalue weighted by molar-refractivity contribution is 6.31. The van der Waals surface area contributed by atoms with E-state index in [4.69, 9.17) is 11.6 Å². The summed E-state index contributed by atoms with van der Waals surface area (Å²) < 4.78 is 0. The second-order valence-corrected chi connectivity index (χ2v) is 5.42. The first kappa shape index (κ1) is 14.5. The summed E-state index contributed by atoms with van der Waals surface area (Å²) in [7, 11) is 0. The lowest BCUT2D eigenvalue weighted by Crippen LogP contribution is -1.91. The van der Waals surface area contributed by atoms with E-state index in [2.05, 4.69) is 28.2 Å². The maximum Gasteiger partial charge on any atom is 0.0441 e. The number of hydrogen-bond acceptors (Lipinski definition) is 2. The van der Waals surface area contributed by atoms with Crippen LogP contribution in [0.5, 0.6) is 0 Å². The Bertz CT molecular complexity index is 782. The minimum absolute atomic E-state index is 0.781. The molecule has 0 unspecified atom stereocenters. The number of rotatable bonds is 4. The van der Waals surface area contributed by atoms with Gasteiger partial charge in [0.15, 0.2) is 0 Å². The molecule has 108 valence electrons. The molecular weight excluding hydrogens is 292 g/mol. The van der Waals surface area contributed by atoms with E-state index in [-0.39, 0.29) is 0 Å². The molecule has 2 aromatic heterocycles. The predicted molar refractivity (Wildman–Crippen MR) is 91.7 cm³/mol. The summed E-state index contributed by atoms with van der Waals surface area (Å²) in [5.74, 6) is 0. The first-order chi connectivity index (χ1) is 10.8. The molecule has 3 rings (SSSR count). The molecule has 0 aliphatic rings. The van der Waals surface area contributed by atoms with Crippen LogP contribution in [0.4, 0.5) is 0 Å². The fraction of sp³-hybridized carbons (Fsp3) is 0.0526. The first-order valence-electron chi connectivity index (χ1n) is 7.07. The number of aromatic nitrogens is 2. The minimum atomic E-state index is 0.781. The Morgan fingerprint density at radius 1 is 0.864 bits per heavy atom. The van der Waals surface area contributed by atoms with Crippen molar-refractivity contribution in [2.24, 2.45) is 0 Å². The smallest absolute Gasteiger partial charge is 0.0441 e. The van der Waals surface area contributed by atoms with Gasteiger partial charge in [0.05, 0.1) is 0 Å². The fourth-order valence-electron chi connectivity index (χ4n) is 2.22. The minimum Gasteiger partial charge on any atom is -0.265 e. The maximum atomic E-state index is 6.21. The van der Waals surface area contributed by atoms with E-state index in [0.717, 1.165) is 33.7 Å². The Labute approximate surface area is 135 Å². The third-order valence-corrected chi connectivity index (χ3v) is 3.71. The van der Waals surface area contributed by atoms with Crippen LogP contribution >= 0.6 is 11.6 Å². The van der Waals surface area contributed by atoms with Crippen molar-refractivity contribution in [3.8, 4) is 0 Å². The number of pyridine rings is 2. The zero-order valence-electron chi connectivity index (χ0n) is 12.0. The zero-order chi connectivity index (χ0) is 15.2. The Morgan fingerprint density at radius 2 is 1.64 bits per heavy atom. The number of halogens is 1. The van der Waals surface area contributed by atoms with Gasteiger partial charge in [-0.05, 0) is 46.5 Å². The number of benzene rings is 1. The van der Waals surface area contributed by atoms with Crippen molar-refractivity contribution in [3.63, 3.8) is 0 Å². The molecule has 3 heteroatoms. The Kier molecular flexibility index (Phi) is 4.62. The third kappa shape index (κ3) is 3.80. The number of hydrogen-bond donors (Lipinski definition) is 0. The van der Waals surface area contributed by atoms with E-state index in [1.54, 1.807) is 12.4 Å². The molecule has 2 heterocycles. The van der Waals surface area contributed by atoms with Gasteiger partial charge >= 0.3 is 0 Å². The first-order valence-corrected chi connectivity index (χ1v) is 7.44. The molecule has 22 heavy (non-hydrogen) atoms. The van der Waals surface area contributed by atoms with Crippen molar-refractivity contribution in [3.05, 3.63) is 94.5 Å². The van der Waals surface area contributed by atoms with Crippen molar-refractivity contribution >= 4 is 23.8 Å². The topological polar surface area (TPSA) is 25.8 Å². The average Bonchev–Trinajstić information content (AvgIpc) is 2.57. The fourth-order valence-corrected chi connectivity index (χ4v) is 2.43. The maximum absolute atomic E-state index is 6.21. The van der Waals surface area contributed by atoms with E-state index < -0.39 is 0 Å². The van der Waals surface area contributed by atoms with Crippen LogP contribution in [0.3, 0.4) is 0 Å². The summed E-state index contributed by atoms with van der Waals surface area (Å²) in [6.45, 7) is 0. The molecule has 0 amide bonds. The van der Waals surface area contributed by atoms with Gasteiger partial charge in [-0.2, -0.15) is 0 Å². The summed E-state index contributed by atoms with van der Waals surface area (Å²) >= 11 is 6.21. The van der Waals surface area contributed by atoms with Crippen LogP contribution < -0.4 is 0 Å². The third-order valence-electron chi connectivity index (χ3n) is 3.34. The van der Waals surface area contributed by atoms with Gasteiger partial charge < -0.3 is 0 Å². The summed E-state index contributed by atoms with van der Waals surface area (Å²) in [5.41, 5.74) is 4.44. The quantitative estimate of drug-likeness (QED) is 0.685. The molecule has 0 radical (unpaired) electrons.